The van der Waals surface area contributed by atoms with E-state index in [9.17, 15) is 13.6 Å². The minimum Gasteiger partial charge on any atom is -0.327 e. The fourth-order valence-electron chi connectivity index (χ4n) is 3.28. The third kappa shape index (κ3) is 4.24. The van der Waals surface area contributed by atoms with Crippen molar-refractivity contribution in [1.29, 1.82) is 0 Å². The number of piperidine rings is 1. The zero-order valence-electron chi connectivity index (χ0n) is 14.7. The highest BCUT2D eigenvalue weighted by atomic mass is 19.3. The molecule has 2 aromatic rings. The third-order valence-corrected chi connectivity index (χ3v) is 4.65. The zero-order valence-corrected chi connectivity index (χ0v) is 14.7. The maximum atomic E-state index is 13.0. The summed E-state index contributed by atoms with van der Waals surface area (Å²) in [4.78, 5) is 14.0. The van der Waals surface area contributed by atoms with E-state index in [0.717, 1.165) is 36.4 Å². The van der Waals surface area contributed by atoms with Crippen LogP contribution < -0.4 is 5.32 Å². The van der Waals surface area contributed by atoms with Crippen molar-refractivity contribution in [3.8, 4) is 0 Å². The molecule has 0 atom stereocenters. The Morgan fingerprint density at radius 3 is 2.65 bits per heavy atom. The van der Waals surface area contributed by atoms with Gasteiger partial charge in [-0.1, -0.05) is 35.5 Å². The maximum Gasteiger partial charge on any atom is 0.276 e. The highest BCUT2D eigenvalue weighted by Crippen LogP contribution is 2.21. The second-order valence-electron chi connectivity index (χ2n) is 6.51. The van der Waals surface area contributed by atoms with Gasteiger partial charge in [0.1, 0.15) is 0 Å². The van der Waals surface area contributed by atoms with Gasteiger partial charge in [-0.2, -0.15) is 0 Å². The monoisotopic (exact) mass is 363 g/mol. The van der Waals surface area contributed by atoms with Gasteiger partial charge in [0.05, 0.1) is 18.3 Å². The van der Waals surface area contributed by atoms with Crippen LogP contribution in [0.1, 0.15) is 40.6 Å². The number of alkyl halides is 2. The molecule has 0 radical (unpaired) electrons. The molecule has 8 heteroatoms. The molecule has 0 aliphatic carbocycles. The molecular weight excluding hydrogens is 340 g/mol. The summed E-state index contributed by atoms with van der Waals surface area (Å²) in [7, 11) is 0. The highest BCUT2D eigenvalue weighted by Gasteiger charge is 2.27. The molecule has 1 N–H and O–H groups in total. The predicted molar refractivity (Wildman–Crippen MR) is 93.1 cm³/mol. The number of aromatic nitrogens is 3. The molecule has 26 heavy (non-hydrogen) atoms. The number of nitrogens with zero attached hydrogens (tertiary/aromatic N) is 4. The summed E-state index contributed by atoms with van der Waals surface area (Å²) in [5.74, 6) is -0.508. The van der Waals surface area contributed by atoms with Crippen molar-refractivity contribution >= 4 is 5.91 Å². The smallest absolute Gasteiger partial charge is 0.276 e. The van der Waals surface area contributed by atoms with Crippen molar-refractivity contribution in [1.82, 2.24) is 25.2 Å². The van der Waals surface area contributed by atoms with E-state index in [1.807, 2.05) is 30.3 Å². The van der Waals surface area contributed by atoms with Crippen molar-refractivity contribution in [2.75, 3.05) is 19.6 Å². The molecule has 0 spiro atoms. The second-order valence-corrected chi connectivity index (χ2v) is 6.51. The molecule has 2 heterocycles. The van der Waals surface area contributed by atoms with Crippen LogP contribution >= 0.6 is 0 Å². The highest BCUT2D eigenvalue weighted by molar-refractivity contribution is 5.93. The van der Waals surface area contributed by atoms with Crippen LogP contribution in [0.3, 0.4) is 0 Å². The SMILES string of the molecule is Cc1c(C(=O)N(Cc2ccccc2)CC(F)F)nnn1C1CCNCC1. The molecule has 1 aliphatic rings. The van der Waals surface area contributed by atoms with E-state index < -0.39 is 18.9 Å². The number of hydrogen-bond acceptors (Lipinski definition) is 4. The quantitative estimate of drug-likeness (QED) is 0.856. The largest absolute Gasteiger partial charge is 0.327 e. The lowest BCUT2D eigenvalue weighted by molar-refractivity contribution is 0.0529. The number of benzene rings is 1. The van der Waals surface area contributed by atoms with Crippen LogP contribution in [0.5, 0.6) is 0 Å². The minimum atomic E-state index is -2.61. The Kier molecular flexibility index (Phi) is 5.92. The second kappa shape index (κ2) is 8.35. The minimum absolute atomic E-state index is 0.115. The van der Waals surface area contributed by atoms with E-state index >= 15 is 0 Å². The standard InChI is InChI=1S/C18H23F2N5O/c1-13-17(22-23-25(13)15-7-9-21-10-8-15)18(26)24(12-16(19)20)11-14-5-3-2-4-6-14/h2-6,15-16,21H,7-12H2,1H3. The Labute approximate surface area is 151 Å². The summed E-state index contributed by atoms with van der Waals surface area (Å²) in [5, 5.41) is 11.4. The van der Waals surface area contributed by atoms with Gasteiger partial charge in [-0.05, 0) is 38.4 Å². The summed E-state index contributed by atoms with van der Waals surface area (Å²) in [5.41, 5.74) is 1.58. The van der Waals surface area contributed by atoms with Gasteiger partial charge in [0, 0.05) is 6.54 Å². The number of halogens is 2. The molecule has 140 valence electrons. The van der Waals surface area contributed by atoms with Gasteiger partial charge in [0.15, 0.2) is 5.69 Å². The number of hydrogen-bond donors (Lipinski definition) is 1. The van der Waals surface area contributed by atoms with Gasteiger partial charge in [-0.3, -0.25) is 4.79 Å². The lowest BCUT2D eigenvalue weighted by Gasteiger charge is -2.24. The Balaban J connectivity index is 1.81. The molecule has 1 aromatic carbocycles. The Hall–Kier alpha value is -2.35. The van der Waals surface area contributed by atoms with Crippen molar-refractivity contribution < 1.29 is 13.6 Å². The molecule has 1 aliphatic heterocycles. The van der Waals surface area contributed by atoms with E-state index in [1.165, 1.54) is 0 Å². The first-order valence-corrected chi connectivity index (χ1v) is 8.80. The number of carbonyl (C=O) groups excluding carboxylic acids is 1. The summed E-state index contributed by atoms with van der Waals surface area (Å²) in [6.45, 7) is 3.03. The van der Waals surface area contributed by atoms with Crippen LogP contribution in [0.25, 0.3) is 0 Å². The van der Waals surface area contributed by atoms with Crippen LogP contribution in [-0.2, 0) is 6.54 Å². The predicted octanol–water partition coefficient (Wildman–Crippen LogP) is 2.42. The number of rotatable bonds is 6. The lowest BCUT2D eigenvalue weighted by Crippen LogP contribution is -2.35. The van der Waals surface area contributed by atoms with E-state index in [-0.39, 0.29) is 18.3 Å². The fraction of sp³-hybridized carbons (Fsp3) is 0.500. The number of carbonyl (C=O) groups is 1. The Bertz CT molecular complexity index is 728. The van der Waals surface area contributed by atoms with E-state index in [0.29, 0.717) is 5.69 Å². The first-order valence-electron chi connectivity index (χ1n) is 8.80. The molecule has 6 nitrogen and oxygen atoms in total. The molecule has 1 saturated heterocycles. The molecule has 1 fully saturated rings. The van der Waals surface area contributed by atoms with Crippen LogP contribution in [0.15, 0.2) is 30.3 Å². The number of amides is 1. The fourth-order valence-corrected chi connectivity index (χ4v) is 3.28. The first kappa shape index (κ1) is 18.4. The van der Waals surface area contributed by atoms with Gasteiger partial charge in [-0.15, -0.1) is 5.10 Å². The van der Waals surface area contributed by atoms with Crippen molar-refractivity contribution in [2.24, 2.45) is 0 Å². The summed E-state index contributed by atoms with van der Waals surface area (Å²) in [6, 6.07) is 9.29. The van der Waals surface area contributed by atoms with Gasteiger partial charge < -0.3 is 10.2 Å². The van der Waals surface area contributed by atoms with E-state index in [2.05, 4.69) is 15.6 Å². The normalized spacial score (nSPS) is 15.4. The maximum absolute atomic E-state index is 13.0. The first-order chi connectivity index (χ1) is 12.6. The number of nitrogens with one attached hydrogen (secondary N) is 1. The van der Waals surface area contributed by atoms with Crippen molar-refractivity contribution in [3.05, 3.63) is 47.3 Å². The average molecular weight is 363 g/mol. The summed E-state index contributed by atoms with van der Waals surface area (Å²) < 4.78 is 27.8. The lowest BCUT2D eigenvalue weighted by atomic mass is 10.1. The topological polar surface area (TPSA) is 63.1 Å². The van der Waals surface area contributed by atoms with Crippen LogP contribution in [-0.4, -0.2) is 51.9 Å². The van der Waals surface area contributed by atoms with Crippen LogP contribution in [0, 0.1) is 6.92 Å². The molecular formula is C18H23F2N5O. The summed E-state index contributed by atoms with van der Waals surface area (Å²) in [6.07, 6.45) is -0.798. The molecule has 1 amide bonds. The van der Waals surface area contributed by atoms with E-state index in [1.54, 1.807) is 11.6 Å². The average Bonchev–Trinajstić information content (AvgIpc) is 3.03. The van der Waals surface area contributed by atoms with E-state index in [4.69, 9.17) is 0 Å². The Morgan fingerprint density at radius 2 is 2.00 bits per heavy atom. The molecule has 0 unspecified atom stereocenters. The molecule has 1 aromatic heterocycles. The van der Waals surface area contributed by atoms with Gasteiger partial charge >= 0.3 is 0 Å². The van der Waals surface area contributed by atoms with Gasteiger partial charge in [0.2, 0.25) is 0 Å². The van der Waals surface area contributed by atoms with Crippen molar-refractivity contribution in [3.63, 3.8) is 0 Å². The van der Waals surface area contributed by atoms with Crippen LogP contribution in [0.4, 0.5) is 8.78 Å². The van der Waals surface area contributed by atoms with Gasteiger partial charge in [-0.25, -0.2) is 13.5 Å². The van der Waals surface area contributed by atoms with Crippen LogP contribution in [0.2, 0.25) is 0 Å². The summed E-state index contributed by atoms with van der Waals surface area (Å²) >= 11 is 0. The molecule has 0 saturated carbocycles. The third-order valence-electron chi connectivity index (χ3n) is 4.65. The zero-order chi connectivity index (χ0) is 18.5. The molecule has 0 bridgehead atoms. The van der Waals surface area contributed by atoms with Crippen molar-refractivity contribution in [2.45, 2.75) is 38.8 Å². The molecule has 3 rings (SSSR count). The Morgan fingerprint density at radius 1 is 1.31 bits per heavy atom. The van der Waals surface area contributed by atoms with Gasteiger partial charge in [0.25, 0.3) is 12.3 Å².